The largest absolute Gasteiger partial charge is 0.384 e. The van der Waals surface area contributed by atoms with E-state index in [2.05, 4.69) is 22.3 Å². The highest BCUT2D eigenvalue weighted by Crippen LogP contribution is 2.11. The second kappa shape index (κ2) is 6.68. The second-order valence-corrected chi connectivity index (χ2v) is 4.27. The van der Waals surface area contributed by atoms with Crippen molar-refractivity contribution in [2.24, 2.45) is 0 Å². The van der Waals surface area contributed by atoms with Gasteiger partial charge < -0.3 is 14.9 Å². The third kappa shape index (κ3) is 3.91. The molecule has 21 heavy (non-hydrogen) atoms. The summed E-state index contributed by atoms with van der Waals surface area (Å²) in [5.74, 6) is 4.52. The first-order valence-corrected chi connectivity index (χ1v) is 6.20. The molecule has 0 fully saturated rings. The summed E-state index contributed by atoms with van der Waals surface area (Å²) in [6.07, 6.45) is 0. The first kappa shape index (κ1) is 14.8. The second-order valence-electron chi connectivity index (χ2n) is 4.27. The van der Waals surface area contributed by atoms with Gasteiger partial charge in [-0.05, 0) is 25.1 Å². The molecular weight excluding hydrogens is 275 g/mol. The third-order valence-corrected chi connectivity index (χ3v) is 2.63. The number of aromatic nitrogens is 1. The van der Waals surface area contributed by atoms with E-state index >= 15 is 0 Å². The fraction of sp³-hybridized carbons (Fsp3) is 0.200. The number of carbonyl (C=O) groups is 1. The molecule has 108 valence electrons. The molecule has 1 heterocycles. The van der Waals surface area contributed by atoms with Gasteiger partial charge in [0.05, 0.1) is 17.8 Å². The summed E-state index contributed by atoms with van der Waals surface area (Å²) in [5, 5.41) is 15.0. The van der Waals surface area contributed by atoms with E-state index < -0.39 is 11.7 Å². The van der Waals surface area contributed by atoms with Gasteiger partial charge in [0, 0.05) is 11.6 Å². The summed E-state index contributed by atoms with van der Waals surface area (Å²) in [6.45, 7) is 1.57. The Bertz CT molecular complexity index is 713. The smallest absolute Gasteiger partial charge is 0.253 e. The van der Waals surface area contributed by atoms with Crippen molar-refractivity contribution in [1.29, 1.82) is 0 Å². The minimum Gasteiger partial charge on any atom is -0.384 e. The molecule has 2 aromatic rings. The van der Waals surface area contributed by atoms with E-state index in [0.717, 1.165) is 6.07 Å². The molecular formula is C15H13FN2O3. The zero-order chi connectivity index (χ0) is 15.2. The zero-order valence-corrected chi connectivity index (χ0v) is 11.3. The Morgan fingerprint density at radius 1 is 1.48 bits per heavy atom. The Kier molecular flexibility index (Phi) is 4.69. The van der Waals surface area contributed by atoms with Gasteiger partial charge in [-0.1, -0.05) is 17.0 Å². The summed E-state index contributed by atoms with van der Waals surface area (Å²) in [6, 6.07) is 5.39. The topological polar surface area (TPSA) is 75.4 Å². The van der Waals surface area contributed by atoms with Crippen molar-refractivity contribution in [3.8, 4) is 11.8 Å². The van der Waals surface area contributed by atoms with Crippen molar-refractivity contribution in [1.82, 2.24) is 10.5 Å². The lowest BCUT2D eigenvalue weighted by atomic mass is 10.1. The highest BCUT2D eigenvalue weighted by Gasteiger charge is 2.12. The average Bonchev–Trinajstić information content (AvgIpc) is 2.89. The molecule has 0 unspecified atom stereocenters. The maximum absolute atomic E-state index is 13.3. The van der Waals surface area contributed by atoms with Gasteiger partial charge in [-0.2, -0.15) is 0 Å². The molecule has 1 aromatic heterocycles. The lowest BCUT2D eigenvalue weighted by Crippen LogP contribution is -2.23. The molecule has 1 amide bonds. The van der Waals surface area contributed by atoms with Gasteiger partial charge in [-0.3, -0.25) is 4.79 Å². The van der Waals surface area contributed by atoms with Gasteiger partial charge in [0.2, 0.25) is 0 Å². The first-order valence-electron chi connectivity index (χ1n) is 6.20. The lowest BCUT2D eigenvalue weighted by molar-refractivity contribution is 0.0946. The van der Waals surface area contributed by atoms with Gasteiger partial charge in [0.1, 0.15) is 12.4 Å². The molecule has 2 N–H and O–H groups in total. The molecule has 0 radical (unpaired) electrons. The van der Waals surface area contributed by atoms with Gasteiger partial charge >= 0.3 is 0 Å². The fourth-order valence-corrected chi connectivity index (χ4v) is 1.71. The van der Waals surface area contributed by atoms with Crippen LogP contribution in [0.2, 0.25) is 0 Å². The Hall–Kier alpha value is -2.65. The van der Waals surface area contributed by atoms with Crippen molar-refractivity contribution in [2.45, 2.75) is 13.5 Å². The Labute approximate surface area is 120 Å². The van der Waals surface area contributed by atoms with Gasteiger partial charge in [0.25, 0.3) is 5.91 Å². The number of halogens is 1. The molecule has 0 aliphatic carbocycles. The maximum Gasteiger partial charge on any atom is 0.253 e. The molecule has 5 nitrogen and oxygen atoms in total. The average molecular weight is 288 g/mol. The van der Waals surface area contributed by atoms with Crippen molar-refractivity contribution < 1.29 is 18.8 Å². The summed E-state index contributed by atoms with van der Waals surface area (Å²) in [4.78, 5) is 12.1. The van der Waals surface area contributed by atoms with E-state index in [-0.39, 0.29) is 18.7 Å². The summed E-state index contributed by atoms with van der Waals surface area (Å²) in [7, 11) is 0. The van der Waals surface area contributed by atoms with E-state index in [1.54, 1.807) is 13.0 Å². The number of aliphatic hydroxyl groups is 1. The third-order valence-electron chi connectivity index (χ3n) is 2.63. The van der Waals surface area contributed by atoms with Crippen LogP contribution in [0.5, 0.6) is 0 Å². The minimum atomic E-state index is -0.537. The van der Waals surface area contributed by atoms with E-state index in [1.165, 1.54) is 12.1 Å². The SMILES string of the molecule is Cc1cc(CNC(=O)c2cc(F)ccc2C#CCO)on1. The van der Waals surface area contributed by atoms with Crippen LogP contribution in [0.25, 0.3) is 0 Å². The highest BCUT2D eigenvalue weighted by molar-refractivity contribution is 5.96. The van der Waals surface area contributed by atoms with Crippen molar-refractivity contribution in [3.05, 3.63) is 52.7 Å². The van der Waals surface area contributed by atoms with Crippen LogP contribution in [-0.4, -0.2) is 22.8 Å². The summed E-state index contributed by atoms with van der Waals surface area (Å²) >= 11 is 0. The number of hydrogen-bond donors (Lipinski definition) is 2. The molecule has 0 bridgehead atoms. The zero-order valence-electron chi connectivity index (χ0n) is 11.3. The Morgan fingerprint density at radius 3 is 2.95 bits per heavy atom. The molecule has 0 atom stereocenters. The maximum atomic E-state index is 13.3. The van der Waals surface area contributed by atoms with Crippen LogP contribution in [0.4, 0.5) is 4.39 Å². The van der Waals surface area contributed by atoms with E-state index in [9.17, 15) is 9.18 Å². The monoisotopic (exact) mass is 288 g/mol. The number of aryl methyl sites for hydroxylation is 1. The molecule has 0 saturated heterocycles. The van der Waals surface area contributed by atoms with E-state index in [1.807, 2.05) is 0 Å². The molecule has 0 saturated carbocycles. The molecule has 2 rings (SSSR count). The Morgan fingerprint density at radius 2 is 2.29 bits per heavy atom. The molecule has 0 aliphatic rings. The van der Waals surface area contributed by atoms with E-state index in [0.29, 0.717) is 17.0 Å². The number of nitrogens with one attached hydrogen (secondary N) is 1. The number of amides is 1. The van der Waals surface area contributed by atoms with Gasteiger partial charge in [0.15, 0.2) is 5.76 Å². The van der Waals surface area contributed by atoms with Crippen LogP contribution in [0.1, 0.15) is 27.4 Å². The summed E-state index contributed by atoms with van der Waals surface area (Å²) < 4.78 is 18.3. The molecule has 1 aromatic carbocycles. The molecule has 0 spiro atoms. The van der Waals surface area contributed by atoms with Crippen LogP contribution >= 0.6 is 0 Å². The standard InChI is InChI=1S/C15H13FN2O3/c1-10-7-13(21-18-10)9-17-15(20)14-8-12(16)5-4-11(14)3-2-6-19/h4-5,7-8,19H,6,9H2,1H3,(H,17,20). The lowest BCUT2D eigenvalue weighted by Gasteiger charge is -2.05. The van der Waals surface area contributed by atoms with Crippen molar-refractivity contribution >= 4 is 5.91 Å². The number of nitrogens with zero attached hydrogens (tertiary/aromatic N) is 1. The fourth-order valence-electron chi connectivity index (χ4n) is 1.71. The van der Waals surface area contributed by atoms with E-state index in [4.69, 9.17) is 9.63 Å². The normalized spacial score (nSPS) is 9.86. The quantitative estimate of drug-likeness (QED) is 0.837. The number of benzene rings is 1. The van der Waals surface area contributed by atoms with Crippen LogP contribution in [-0.2, 0) is 6.54 Å². The highest BCUT2D eigenvalue weighted by atomic mass is 19.1. The van der Waals surface area contributed by atoms with Crippen LogP contribution in [0.3, 0.4) is 0 Å². The predicted molar refractivity (Wildman–Crippen MR) is 72.8 cm³/mol. The van der Waals surface area contributed by atoms with Crippen molar-refractivity contribution in [3.63, 3.8) is 0 Å². The molecule has 0 aliphatic heterocycles. The predicted octanol–water partition coefficient (Wildman–Crippen LogP) is 1.40. The number of carbonyl (C=O) groups excluding carboxylic acids is 1. The minimum absolute atomic E-state index is 0.104. The van der Waals surface area contributed by atoms with Crippen LogP contribution in [0, 0.1) is 24.6 Å². The van der Waals surface area contributed by atoms with Gasteiger partial charge in [-0.25, -0.2) is 4.39 Å². The number of hydrogen-bond acceptors (Lipinski definition) is 4. The van der Waals surface area contributed by atoms with Crippen molar-refractivity contribution in [2.75, 3.05) is 6.61 Å². The summed E-state index contributed by atoms with van der Waals surface area (Å²) in [5.41, 5.74) is 1.16. The number of rotatable bonds is 3. The molecule has 6 heteroatoms. The Balaban J connectivity index is 2.15. The first-order chi connectivity index (χ1) is 10.1. The van der Waals surface area contributed by atoms with Crippen LogP contribution < -0.4 is 5.32 Å². The number of aliphatic hydroxyl groups excluding tert-OH is 1. The van der Waals surface area contributed by atoms with Crippen LogP contribution in [0.15, 0.2) is 28.8 Å². The van der Waals surface area contributed by atoms with Gasteiger partial charge in [-0.15, -0.1) is 0 Å².